The zero-order chi connectivity index (χ0) is 23.5. The van der Waals surface area contributed by atoms with E-state index in [2.05, 4.69) is 26.6 Å². The number of carbonyl (C=O) groups excluding carboxylic acids is 1. The molecule has 4 aromatic rings. The molecule has 0 aliphatic rings. The minimum absolute atomic E-state index is 0.118. The van der Waals surface area contributed by atoms with Crippen molar-refractivity contribution >= 4 is 55.8 Å². The Bertz CT molecular complexity index is 1450. The molecule has 0 spiro atoms. The number of hydrogen-bond acceptors (Lipinski definition) is 5. The Morgan fingerprint density at radius 3 is 2.64 bits per heavy atom. The van der Waals surface area contributed by atoms with Crippen LogP contribution in [0.15, 0.2) is 80.4 Å². The number of ether oxygens (including phenoxy) is 1. The Morgan fingerprint density at radius 2 is 1.85 bits per heavy atom. The van der Waals surface area contributed by atoms with Gasteiger partial charge in [-0.3, -0.25) is 10.1 Å². The Hall–Kier alpha value is -3.49. The van der Waals surface area contributed by atoms with Crippen molar-refractivity contribution in [3.8, 4) is 16.9 Å². The summed E-state index contributed by atoms with van der Waals surface area (Å²) in [6.07, 6.45) is 0. The van der Waals surface area contributed by atoms with Gasteiger partial charge < -0.3 is 14.5 Å². The molecule has 1 heterocycles. The van der Waals surface area contributed by atoms with E-state index in [0.29, 0.717) is 33.7 Å². The lowest BCUT2D eigenvalue weighted by molar-refractivity contribution is 0.0974. The molecule has 3 aromatic carbocycles. The smallest absolute Gasteiger partial charge is 0.344 e. The van der Waals surface area contributed by atoms with Gasteiger partial charge in [-0.05, 0) is 66.7 Å². The third kappa shape index (κ3) is 4.97. The predicted octanol–water partition coefficient (Wildman–Crippen LogP) is 5.67. The summed E-state index contributed by atoms with van der Waals surface area (Å²) in [6.45, 7) is 1.90. The molecule has 0 bridgehead atoms. The summed E-state index contributed by atoms with van der Waals surface area (Å²) in [5.41, 5.74) is 3.10. The van der Waals surface area contributed by atoms with Crippen LogP contribution in [0.5, 0.6) is 5.75 Å². The van der Waals surface area contributed by atoms with Crippen molar-refractivity contribution in [2.45, 2.75) is 6.92 Å². The second-order valence-corrected chi connectivity index (χ2v) is 8.59. The Balaban J connectivity index is 1.58. The van der Waals surface area contributed by atoms with Crippen LogP contribution >= 0.6 is 28.1 Å². The van der Waals surface area contributed by atoms with Crippen LogP contribution in [0.2, 0.25) is 0 Å². The minimum atomic E-state index is -0.430. The molecule has 0 aliphatic heterocycles. The molecule has 0 fully saturated rings. The van der Waals surface area contributed by atoms with Crippen molar-refractivity contribution in [1.29, 1.82) is 0 Å². The zero-order valence-electron chi connectivity index (χ0n) is 17.8. The highest BCUT2D eigenvalue weighted by molar-refractivity contribution is 9.10. The van der Waals surface area contributed by atoms with Crippen LogP contribution in [0.25, 0.3) is 22.1 Å². The van der Waals surface area contributed by atoms with E-state index in [-0.39, 0.29) is 5.11 Å². The van der Waals surface area contributed by atoms with Crippen molar-refractivity contribution < 1.29 is 13.9 Å². The number of aryl methyl sites for hydroxylation is 1. The molecule has 0 saturated heterocycles. The number of nitrogens with one attached hydrogen (secondary N) is 2. The van der Waals surface area contributed by atoms with E-state index in [1.54, 1.807) is 36.4 Å². The van der Waals surface area contributed by atoms with E-state index in [9.17, 15) is 9.59 Å². The third-order valence-electron chi connectivity index (χ3n) is 5.07. The van der Waals surface area contributed by atoms with Crippen LogP contribution in [-0.2, 0) is 0 Å². The summed E-state index contributed by atoms with van der Waals surface area (Å²) < 4.78 is 11.5. The largest absolute Gasteiger partial charge is 0.496 e. The molecule has 6 nitrogen and oxygen atoms in total. The molecule has 0 saturated carbocycles. The highest BCUT2D eigenvalue weighted by atomic mass is 79.9. The first-order valence-electron chi connectivity index (χ1n) is 9.95. The van der Waals surface area contributed by atoms with Gasteiger partial charge in [0.2, 0.25) is 0 Å². The van der Waals surface area contributed by atoms with E-state index >= 15 is 0 Å². The quantitative estimate of drug-likeness (QED) is 0.265. The highest BCUT2D eigenvalue weighted by Crippen LogP contribution is 2.26. The topological polar surface area (TPSA) is 80.6 Å². The summed E-state index contributed by atoms with van der Waals surface area (Å²) >= 11 is 8.71. The molecule has 33 heavy (non-hydrogen) atoms. The number of rotatable bonds is 4. The van der Waals surface area contributed by atoms with Crippen molar-refractivity contribution in [3.63, 3.8) is 0 Å². The fourth-order valence-electron chi connectivity index (χ4n) is 3.37. The average molecular weight is 523 g/mol. The zero-order valence-corrected chi connectivity index (χ0v) is 20.2. The Labute approximate surface area is 203 Å². The van der Waals surface area contributed by atoms with Crippen molar-refractivity contribution in [3.05, 3.63) is 92.7 Å². The van der Waals surface area contributed by atoms with Gasteiger partial charge in [-0.25, -0.2) is 4.79 Å². The van der Waals surface area contributed by atoms with Crippen LogP contribution in [0, 0.1) is 6.92 Å². The van der Waals surface area contributed by atoms with Crippen LogP contribution < -0.4 is 21.0 Å². The summed E-state index contributed by atoms with van der Waals surface area (Å²) in [5, 5.41) is 6.66. The SMILES string of the molecule is COc1ccc(Br)cc1C(=O)NC(=S)Nc1cc(-c2cc3ccccc3oc2=O)ccc1C. The number of halogens is 1. The van der Waals surface area contributed by atoms with Crippen LogP contribution in [0.4, 0.5) is 5.69 Å². The summed E-state index contributed by atoms with van der Waals surface area (Å²) in [5.74, 6) is 0.0225. The molecule has 0 unspecified atom stereocenters. The van der Waals surface area contributed by atoms with E-state index in [1.807, 2.05) is 37.3 Å². The molecule has 0 atom stereocenters. The molecule has 0 aliphatic carbocycles. The maximum absolute atomic E-state index is 12.7. The fraction of sp³-hybridized carbons (Fsp3) is 0.0800. The molecule has 2 N–H and O–H groups in total. The lowest BCUT2D eigenvalue weighted by Crippen LogP contribution is -2.34. The second kappa shape index (κ2) is 9.56. The Morgan fingerprint density at radius 1 is 1.06 bits per heavy atom. The van der Waals surface area contributed by atoms with Gasteiger partial charge in [0.15, 0.2) is 5.11 Å². The first-order valence-corrected chi connectivity index (χ1v) is 11.2. The van der Waals surface area contributed by atoms with Crippen LogP contribution in [0.3, 0.4) is 0 Å². The molecule has 4 rings (SSSR count). The standard InChI is InChI=1S/C25H19BrN2O4S/c1-14-7-8-15(18-11-16-5-3-4-6-21(16)32-24(18)30)12-20(14)27-25(33)28-23(29)19-13-17(26)9-10-22(19)31-2/h3-13H,1-2H3,(H2,27,28,29,33). The lowest BCUT2D eigenvalue weighted by atomic mass is 10.0. The van der Waals surface area contributed by atoms with E-state index in [4.69, 9.17) is 21.4 Å². The minimum Gasteiger partial charge on any atom is -0.496 e. The number of fused-ring (bicyclic) bond motifs is 1. The first kappa shape index (κ1) is 22.7. The maximum atomic E-state index is 12.7. The normalized spacial score (nSPS) is 10.6. The number of methoxy groups -OCH3 is 1. The van der Waals surface area contributed by atoms with Crippen LogP contribution in [0.1, 0.15) is 15.9 Å². The second-order valence-electron chi connectivity index (χ2n) is 7.27. The van der Waals surface area contributed by atoms with Gasteiger partial charge in [-0.15, -0.1) is 0 Å². The molecule has 0 radical (unpaired) electrons. The van der Waals surface area contributed by atoms with Gasteiger partial charge in [0.1, 0.15) is 11.3 Å². The van der Waals surface area contributed by atoms with E-state index in [1.165, 1.54) is 7.11 Å². The molecular formula is C25H19BrN2O4S. The number of thiocarbonyl (C=S) groups is 1. The molecule has 1 amide bonds. The monoisotopic (exact) mass is 522 g/mol. The van der Waals surface area contributed by atoms with Crippen molar-refractivity contribution in [2.75, 3.05) is 12.4 Å². The molecule has 8 heteroatoms. The van der Waals surface area contributed by atoms with Crippen molar-refractivity contribution in [2.24, 2.45) is 0 Å². The van der Waals surface area contributed by atoms with Gasteiger partial charge in [-0.1, -0.05) is 46.3 Å². The summed E-state index contributed by atoms with van der Waals surface area (Å²) in [4.78, 5) is 25.3. The molecule has 166 valence electrons. The predicted molar refractivity (Wildman–Crippen MR) is 137 cm³/mol. The molecular weight excluding hydrogens is 504 g/mol. The average Bonchev–Trinajstić information content (AvgIpc) is 2.80. The summed E-state index contributed by atoms with van der Waals surface area (Å²) in [7, 11) is 1.49. The number of carbonyl (C=O) groups is 1. The summed E-state index contributed by atoms with van der Waals surface area (Å²) in [6, 6.07) is 19.8. The van der Waals surface area contributed by atoms with Gasteiger partial charge in [0, 0.05) is 15.5 Å². The highest BCUT2D eigenvalue weighted by Gasteiger charge is 2.15. The van der Waals surface area contributed by atoms with E-state index in [0.717, 1.165) is 15.4 Å². The van der Waals surface area contributed by atoms with Gasteiger partial charge in [-0.2, -0.15) is 0 Å². The maximum Gasteiger partial charge on any atom is 0.344 e. The first-order chi connectivity index (χ1) is 15.9. The number of hydrogen-bond donors (Lipinski definition) is 2. The fourth-order valence-corrected chi connectivity index (χ4v) is 3.93. The number of para-hydroxylation sites is 1. The van der Waals surface area contributed by atoms with Crippen LogP contribution in [-0.4, -0.2) is 18.1 Å². The number of amides is 1. The van der Waals surface area contributed by atoms with Gasteiger partial charge in [0.05, 0.1) is 18.2 Å². The molecule has 1 aromatic heterocycles. The van der Waals surface area contributed by atoms with Gasteiger partial charge >= 0.3 is 5.63 Å². The number of anilines is 1. The van der Waals surface area contributed by atoms with E-state index < -0.39 is 11.5 Å². The lowest BCUT2D eigenvalue weighted by Gasteiger charge is -2.14. The van der Waals surface area contributed by atoms with Crippen molar-refractivity contribution in [1.82, 2.24) is 5.32 Å². The third-order valence-corrected chi connectivity index (χ3v) is 5.77. The Kier molecular flexibility index (Phi) is 6.57. The van der Waals surface area contributed by atoms with Gasteiger partial charge in [0.25, 0.3) is 5.91 Å². The number of benzene rings is 3.